The largest absolute Gasteiger partial charge is 0.387 e. The molecule has 4 heteroatoms. The molecule has 96 valence electrons. The van der Waals surface area contributed by atoms with Crippen molar-refractivity contribution in [3.63, 3.8) is 0 Å². The van der Waals surface area contributed by atoms with Crippen LogP contribution in [0.5, 0.6) is 0 Å². The zero-order valence-electron chi connectivity index (χ0n) is 10.5. The van der Waals surface area contributed by atoms with Gasteiger partial charge in [-0.05, 0) is 47.0 Å². The molecule has 2 nitrogen and oxygen atoms in total. The van der Waals surface area contributed by atoms with Crippen molar-refractivity contribution in [2.45, 2.75) is 32.8 Å². The van der Waals surface area contributed by atoms with Gasteiger partial charge in [-0.1, -0.05) is 13.0 Å². The molecule has 1 N–H and O–H groups in total. The molecule has 0 aliphatic carbocycles. The predicted molar refractivity (Wildman–Crippen MR) is 79.0 cm³/mol. The second kappa shape index (κ2) is 5.95. The number of aliphatic hydroxyl groups excluding tert-OH is 1. The molecule has 1 unspecified atom stereocenters. The van der Waals surface area contributed by atoms with E-state index in [1.165, 1.54) is 10.4 Å². The van der Waals surface area contributed by atoms with E-state index >= 15 is 0 Å². The van der Waals surface area contributed by atoms with Crippen molar-refractivity contribution in [2.75, 3.05) is 0 Å². The third-order valence-electron chi connectivity index (χ3n) is 2.90. The summed E-state index contributed by atoms with van der Waals surface area (Å²) in [4.78, 5) is 6.56. The molecule has 0 aliphatic heterocycles. The third kappa shape index (κ3) is 3.19. The van der Waals surface area contributed by atoms with Gasteiger partial charge in [0.15, 0.2) is 0 Å². The number of rotatable bonds is 4. The van der Waals surface area contributed by atoms with Crippen molar-refractivity contribution in [3.05, 3.63) is 49.9 Å². The number of hydrogen-bond donors (Lipinski definition) is 1. The number of nitrogens with zero attached hydrogens (tertiary/aromatic N) is 1. The quantitative estimate of drug-likeness (QED) is 0.919. The van der Waals surface area contributed by atoms with Gasteiger partial charge in [0.25, 0.3) is 0 Å². The molecule has 0 bridgehead atoms. The fraction of sp³-hybridized carbons (Fsp3) is 0.357. The minimum atomic E-state index is -0.472. The highest BCUT2D eigenvalue weighted by Gasteiger charge is 2.13. The van der Waals surface area contributed by atoms with Crippen LogP contribution < -0.4 is 0 Å². The van der Waals surface area contributed by atoms with E-state index in [1.807, 2.05) is 25.3 Å². The van der Waals surface area contributed by atoms with Gasteiger partial charge in [-0.2, -0.15) is 0 Å². The molecule has 0 saturated heterocycles. The third-order valence-corrected chi connectivity index (χ3v) is 5.14. The molecule has 2 heterocycles. The van der Waals surface area contributed by atoms with Crippen LogP contribution in [0, 0.1) is 6.92 Å². The lowest BCUT2D eigenvalue weighted by Crippen LogP contribution is -2.01. The Kier molecular flexibility index (Phi) is 4.54. The van der Waals surface area contributed by atoms with Crippen LogP contribution in [0.1, 0.15) is 34.0 Å². The molecule has 0 aliphatic rings. The summed E-state index contributed by atoms with van der Waals surface area (Å²) in [5, 5.41) is 10.2. The number of pyridine rings is 1. The van der Waals surface area contributed by atoms with Crippen LogP contribution in [0.15, 0.2) is 28.9 Å². The molecule has 1 atom stereocenters. The van der Waals surface area contributed by atoms with E-state index in [0.717, 1.165) is 21.5 Å². The van der Waals surface area contributed by atoms with Gasteiger partial charge in [0.05, 0.1) is 6.10 Å². The van der Waals surface area contributed by atoms with E-state index in [9.17, 15) is 5.11 Å². The molecule has 0 aromatic carbocycles. The van der Waals surface area contributed by atoms with Crippen molar-refractivity contribution >= 4 is 27.3 Å². The molecule has 0 spiro atoms. The van der Waals surface area contributed by atoms with Crippen LogP contribution >= 0.6 is 27.3 Å². The summed E-state index contributed by atoms with van der Waals surface area (Å²) in [6, 6.07) is 6.06. The summed E-state index contributed by atoms with van der Waals surface area (Å²) >= 11 is 5.10. The van der Waals surface area contributed by atoms with Gasteiger partial charge in [-0.3, -0.25) is 4.98 Å². The summed E-state index contributed by atoms with van der Waals surface area (Å²) in [6.45, 7) is 4.15. The highest BCUT2D eigenvalue weighted by Crippen LogP contribution is 2.31. The molecule has 0 saturated carbocycles. The first-order valence-electron chi connectivity index (χ1n) is 5.98. The standard InChI is InChI=1S/C14H16BrNOS/c1-3-10-4-5-11(16-8-10)6-13(17)14-7-12(15)9(2)18-14/h4-5,7-8,13,17H,3,6H2,1-2H3. The maximum atomic E-state index is 10.2. The summed E-state index contributed by atoms with van der Waals surface area (Å²) in [6.07, 6.45) is 2.97. The summed E-state index contributed by atoms with van der Waals surface area (Å²) in [5.41, 5.74) is 2.16. The molecule has 0 amide bonds. The average molecular weight is 326 g/mol. The Labute approximate surface area is 120 Å². The van der Waals surface area contributed by atoms with Gasteiger partial charge in [0.2, 0.25) is 0 Å². The van der Waals surface area contributed by atoms with Crippen LogP contribution in [0.3, 0.4) is 0 Å². The second-order valence-electron chi connectivity index (χ2n) is 4.28. The van der Waals surface area contributed by atoms with E-state index in [2.05, 4.69) is 33.9 Å². The van der Waals surface area contributed by atoms with Crippen molar-refractivity contribution < 1.29 is 5.11 Å². The highest BCUT2D eigenvalue weighted by atomic mass is 79.9. The first-order chi connectivity index (χ1) is 8.60. The van der Waals surface area contributed by atoms with Crippen molar-refractivity contribution in [1.82, 2.24) is 4.98 Å². The molecule has 2 aromatic rings. The molecular weight excluding hydrogens is 310 g/mol. The average Bonchev–Trinajstić information content (AvgIpc) is 2.71. The maximum Gasteiger partial charge on any atom is 0.0937 e. The first kappa shape index (κ1) is 13.7. The Balaban J connectivity index is 2.08. The minimum absolute atomic E-state index is 0.472. The Hall–Kier alpha value is -0.710. The number of halogens is 1. The zero-order chi connectivity index (χ0) is 13.1. The molecule has 2 rings (SSSR count). The number of thiophene rings is 1. The van der Waals surface area contributed by atoms with E-state index in [-0.39, 0.29) is 0 Å². The summed E-state index contributed by atoms with van der Waals surface area (Å²) in [7, 11) is 0. The lowest BCUT2D eigenvalue weighted by Gasteiger charge is -2.08. The number of aryl methyl sites for hydroxylation is 2. The highest BCUT2D eigenvalue weighted by molar-refractivity contribution is 9.10. The first-order valence-corrected chi connectivity index (χ1v) is 7.58. The summed E-state index contributed by atoms with van der Waals surface area (Å²) < 4.78 is 1.07. The molecule has 0 radical (unpaired) electrons. The van der Waals surface area contributed by atoms with Crippen LogP contribution in [0.4, 0.5) is 0 Å². The molecule has 2 aromatic heterocycles. The van der Waals surface area contributed by atoms with Gasteiger partial charge in [0, 0.05) is 32.5 Å². The lowest BCUT2D eigenvalue weighted by atomic mass is 10.1. The fourth-order valence-electron chi connectivity index (χ4n) is 1.73. The van der Waals surface area contributed by atoms with E-state index in [4.69, 9.17) is 0 Å². The molecular formula is C14H16BrNOS. The van der Waals surface area contributed by atoms with Gasteiger partial charge >= 0.3 is 0 Å². The molecule has 0 fully saturated rings. The van der Waals surface area contributed by atoms with Gasteiger partial charge in [-0.15, -0.1) is 11.3 Å². The smallest absolute Gasteiger partial charge is 0.0937 e. The Bertz CT molecular complexity index is 502. The topological polar surface area (TPSA) is 33.1 Å². The predicted octanol–water partition coefficient (Wildman–Crippen LogP) is 4.05. The Morgan fingerprint density at radius 2 is 2.22 bits per heavy atom. The normalized spacial score (nSPS) is 12.7. The van der Waals surface area contributed by atoms with Gasteiger partial charge in [-0.25, -0.2) is 0 Å². The van der Waals surface area contributed by atoms with E-state index in [0.29, 0.717) is 6.42 Å². The summed E-state index contributed by atoms with van der Waals surface area (Å²) in [5.74, 6) is 0. The number of aliphatic hydroxyl groups is 1. The van der Waals surface area contributed by atoms with Crippen molar-refractivity contribution in [1.29, 1.82) is 0 Å². The number of aromatic nitrogens is 1. The fourth-order valence-corrected chi connectivity index (χ4v) is 3.28. The maximum absolute atomic E-state index is 10.2. The van der Waals surface area contributed by atoms with Crippen molar-refractivity contribution in [3.8, 4) is 0 Å². The van der Waals surface area contributed by atoms with E-state index in [1.54, 1.807) is 11.3 Å². The monoisotopic (exact) mass is 325 g/mol. The van der Waals surface area contributed by atoms with Crippen LogP contribution in [0.25, 0.3) is 0 Å². The van der Waals surface area contributed by atoms with Crippen molar-refractivity contribution in [2.24, 2.45) is 0 Å². The second-order valence-corrected chi connectivity index (χ2v) is 6.43. The SMILES string of the molecule is CCc1ccc(CC(O)c2cc(Br)c(C)s2)nc1. The Morgan fingerprint density at radius 1 is 1.44 bits per heavy atom. The molecule has 18 heavy (non-hydrogen) atoms. The number of hydrogen-bond acceptors (Lipinski definition) is 3. The minimum Gasteiger partial charge on any atom is -0.387 e. The lowest BCUT2D eigenvalue weighted by molar-refractivity contribution is 0.181. The van der Waals surface area contributed by atoms with E-state index < -0.39 is 6.10 Å². The van der Waals surface area contributed by atoms with Crippen LogP contribution in [-0.2, 0) is 12.8 Å². The van der Waals surface area contributed by atoms with Gasteiger partial charge < -0.3 is 5.11 Å². The van der Waals surface area contributed by atoms with Gasteiger partial charge in [0.1, 0.15) is 0 Å². The zero-order valence-corrected chi connectivity index (χ0v) is 12.9. The van der Waals surface area contributed by atoms with Crippen LogP contribution in [-0.4, -0.2) is 10.1 Å². The van der Waals surface area contributed by atoms with Crippen LogP contribution in [0.2, 0.25) is 0 Å². The Morgan fingerprint density at radius 3 is 2.72 bits per heavy atom.